The van der Waals surface area contributed by atoms with E-state index in [0.29, 0.717) is 12.5 Å². The van der Waals surface area contributed by atoms with E-state index < -0.39 is 0 Å². The van der Waals surface area contributed by atoms with Gasteiger partial charge in [0.15, 0.2) is 0 Å². The van der Waals surface area contributed by atoms with E-state index in [1.54, 1.807) is 7.05 Å². The number of nitrogens with zero attached hydrogens (tertiary/aromatic N) is 2. The Labute approximate surface area is 95.8 Å². The van der Waals surface area contributed by atoms with Crippen LogP contribution >= 0.6 is 0 Å². The molecule has 2 aliphatic rings. The van der Waals surface area contributed by atoms with Gasteiger partial charge in [-0.05, 0) is 19.5 Å². The van der Waals surface area contributed by atoms with Crippen molar-refractivity contribution in [3.8, 4) is 0 Å². The predicted molar refractivity (Wildman–Crippen MR) is 59.8 cm³/mol. The van der Waals surface area contributed by atoms with Gasteiger partial charge in [0, 0.05) is 19.6 Å². The maximum Gasteiger partial charge on any atom is 0.246 e. The second-order valence-electron chi connectivity index (χ2n) is 4.49. The molecule has 2 amide bonds. The largest absolute Gasteiger partial charge is 0.315 e. The van der Waals surface area contributed by atoms with Gasteiger partial charge >= 0.3 is 0 Å². The Morgan fingerprint density at radius 1 is 1.50 bits per heavy atom. The third-order valence-electron chi connectivity index (χ3n) is 3.63. The fourth-order valence-corrected chi connectivity index (χ4v) is 2.65. The van der Waals surface area contributed by atoms with Gasteiger partial charge < -0.3 is 5.32 Å². The molecule has 0 bridgehead atoms. The first-order chi connectivity index (χ1) is 7.65. The van der Waals surface area contributed by atoms with Crippen LogP contribution in [0, 0.1) is 0 Å². The Kier molecular flexibility index (Phi) is 3.25. The third-order valence-corrected chi connectivity index (χ3v) is 3.63. The summed E-state index contributed by atoms with van der Waals surface area (Å²) in [7, 11) is 1.57. The third kappa shape index (κ3) is 1.85. The van der Waals surface area contributed by atoms with Crippen LogP contribution < -0.4 is 5.32 Å². The zero-order valence-electron chi connectivity index (χ0n) is 9.90. The van der Waals surface area contributed by atoms with Crippen LogP contribution in [0.15, 0.2) is 0 Å². The van der Waals surface area contributed by atoms with Gasteiger partial charge in [-0.3, -0.25) is 19.4 Å². The number of imide groups is 1. The fraction of sp³-hybridized carbons (Fsp3) is 0.818. The molecule has 0 aromatic carbocycles. The minimum Gasteiger partial charge on any atom is -0.315 e. The van der Waals surface area contributed by atoms with E-state index in [2.05, 4.69) is 10.2 Å². The van der Waals surface area contributed by atoms with Crippen LogP contribution in [0.2, 0.25) is 0 Å². The number of amides is 2. The highest BCUT2D eigenvalue weighted by Gasteiger charge is 2.41. The molecule has 0 spiro atoms. The lowest BCUT2D eigenvalue weighted by Crippen LogP contribution is -2.47. The van der Waals surface area contributed by atoms with E-state index >= 15 is 0 Å². The highest BCUT2D eigenvalue weighted by Crippen LogP contribution is 2.21. The van der Waals surface area contributed by atoms with E-state index in [0.717, 1.165) is 26.1 Å². The van der Waals surface area contributed by atoms with Gasteiger partial charge in [0.2, 0.25) is 11.8 Å². The lowest BCUT2D eigenvalue weighted by Gasteiger charge is -2.30. The molecular formula is C11H19N3O2. The number of carbonyl (C=O) groups excluding carboxylic acids is 2. The summed E-state index contributed by atoms with van der Waals surface area (Å²) in [5, 5.41) is 3.30. The average molecular weight is 225 g/mol. The molecule has 5 nitrogen and oxygen atoms in total. The van der Waals surface area contributed by atoms with E-state index in [1.807, 2.05) is 6.92 Å². The van der Waals surface area contributed by atoms with Crippen LogP contribution in [0.4, 0.5) is 0 Å². The molecule has 0 aromatic heterocycles. The zero-order valence-corrected chi connectivity index (χ0v) is 9.90. The summed E-state index contributed by atoms with van der Waals surface area (Å²) in [5.74, 6) is -0.0989. The van der Waals surface area contributed by atoms with Crippen molar-refractivity contribution in [1.82, 2.24) is 15.1 Å². The number of rotatable bonds is 3. The smallest absolute Gasteiger partial charge is 0.246 e. The van der Waals surface area contributed by atoms with Crippen molar-refractivity contribution in [2.45, 2.75) is 31.8 Å². The maximum absolute atomic E-state index is 11.9. The molecule has 0 saturated carbocycles. The summed E-state index contributed by atoms with van der Waals surface area (Å²) in [6.07, 6.45) is 1.41. The van der Waals surface area contributed by atoms with Gasteiger partial charge in [-0.1, -0.05) is 6.92 Å². The molecule has 90 valence electrons. The summed E-state index contributed by atoms with van der Waals surface area (Å²) >= 11 is 0. The Morgan fingerprint density at radius 3 is 2.69 bits per heavy atom. The fourth-order valence-electron chi connectivity index (χ4n) is 2.65. The first-order valence-electron chi connectivity index (χ1n) is 5.92. The lowest BCUT2D eigenvalue weighted by atomic mass is 10.1. The molecule has 16 heavy (non-hydrogen) atoms. The SMILES string of the molecule is CCN(C1CCNC1)C1CC(=O)N(C)C1=O. The highest BCUT2D eigenvalue weighted by molar-refractivity contribution is 6.05. The number of nitrogens with one attached hydrogen (secondary N) is 1. The second-order valence-corrected chi connectivity index (χ2v) is 4.49. The van der Waals surface area contributed by atoms with Gasteiger partial charge in [0.25, 0.3) is 0 Å². The molecule has 2 saturated heterocycles. The van der Waals surface area contributed by atoms with Gasteiger partial charge in [0.05, 0.1) is 12.5 Å². The molecule has 0 aliphatic carbocycles. The van der Waals surface area contributed by atoms with Crippen molar-refractivity contribution < 1.29 is 9.59 Å². The first-order valence-corrected chi connectivity index (χ1v) is 5.92. The number of likely N-dealkylation sites (N-methyl/N-ethyl adjacent to an activating group) is 2. The molecule has 0 aromatic rings. The molecule has 2 fully saturated rings. The van der Waals surface area contributed by atoms with E-state index in [9.17, 15) is 9.59 Å². The minimum atomic E-state index is -0.229. The molecule has 2 heterocycles. The maximum atomic E-state index is 11.9. The van der Waals surface area contributed by atoms with Crippen molar-refractivity contribution in [1.29, 1.82) is 0 Å². The number of hydrogen-bond donors (Lipinski definition) is 1. The van der Waals surface area contributed by atoms with Crippen molar-refractivity contribution in [2.75, 3.05) is 26.7 Å². The molecule has 2 unspecified atom stereocenters. The van der Waals surface area contributed by atoms with Crippen LogP contribution in [0.1, 0.15) is 19.8 Å². The Balaban J connectivity index is 2.09. The van der Waals surface area contributed by atoms with Crippen LogP contribution in [0.25, 0.3) is 0 Å². The van der Waals surface area contributed by atoms with Crippen LogP contribution in [0.3, 0.4) is 0 Å². The van der Waals surface area contributed by atoms with E-state index in [-0.39, 0.29) is 17.9 Å². The zero-order chi connectivity index (χ0) is 11.7. The topological polar surface area (TPSA) is 52.7 Å². The Morgan fingerprint density at radius 2 is 2.25 bits per heavy atom. The van der Waals surface area contributed by atoms with Crippen molar-refractivity contribution in [3.05, 3.63) is 0 Å². The molecule has 2 rings (SSSR count). The molecule has 2 aliphatic heterocycles. The van der Waals surface area contributed by atoms with Crippen molar-refractivity contribution >= 4 is 11.8 Å². The van der Waals surface area contributed by atoms with Gasteiger partial charge in [-0.15, -0.1) is 0 Å². The van der Waals surface area contributed by atoms with Crippen LogP contribution in [-0.4, -0.2) is 60.4 Å². The number of hydrogen-bond acceptors (Lipinski definition) is 4. The molecule has 2 atom stereocenters. The highest BCUT2D eigenvalue weighted by atomic mass is 16.2. The predicted octanol–water partition coefficient (Wildman–Crippen LogP) is -0.572. The molecular weight excluding hydrogens is 206 g/mol. The van der Waals surface area contributed by atoms with Gasteiger partial charge in [-0.25, -0.2) is 0 Å². The van der Waals surface area contributed by atoms with Gasteiger partial charge in [0.1, 0.15) is 0 Å². The standard InChI is InChI=1S/C11H19N3O2/c1-3-14(8-4-5-12-7-8)9-6-10(15)13(2)11(9)16/h8-9,12H,3-7H2,1-2H3. The summed E-state index contributed by atoms with van der Waals surface area (Å²) in [4.78, 5) is 26.8. The molecule has 5 heteroatoms. The Hall–Kier alpha value is -0.940. The number of likely N-dealkylation sites (tertiary alicyclic amines) is 1. The molecule has 1 N–H and O–H groups in total. The van der Waals surface area contributed by atoms with Crippen molar-refractivity contribution in [3.63, 3.8) is 0 Å². The average Bonchev–Trinajstić information content (AvgIpc) is 2.86. The van der Waals surface area contributed by atoms with Gasteiger partial charge in [-0.2, -0.15) is 0 Å². The lowest BCUT2D eigenvalue weighted by molar-refractivity contribution is -0.138. The normalized spacial score (nSPS) is 30.8. The monoisotopic (exact) mass is 225 g/mol. The summed E-state index contributed by atoms with van der Waals surface area (Å²) in [6, 6.07) is 0.172. The van der Waals surface area contributed by atoms with Crippen LogP contribution in [-0.2, 0) is 9.59 Å². The quantitative estimate of drug-likeness (QED) is 0.653. The van der Waals surface area contributed by atoms with E-state index in [1.165, 1.54) is 4.90 Å². The number of carbonyl (C=O) groups is 2. The minimum absolute atomic E-state index is 0.0428. The first kappa shape index (κ1) is 11.5. The summed E-state index contributed by atoms with van der Waals surface area (Å²) in [6.45, 7) is 4.81. The van der Waals surface area contributed by atoms with E-state index in [4.69, 9.17) is 0 Å². The Bertz CT molecular complexity index is 300. The summed E-state index contributed by atoms with van der Waals surface area (Å²) in [5.41, 5.74) is 0. The molecule has 0 radical (unpaired) electrons. The van der Waals surface area contributed by atoms with Crippen LogP contribution in [0.5, 0.6) is 0 Å². The second kappa shape index (κ2) is 4.51. The summed E-state index contributed by atoms with van der Waals surface area (Å²) < 4.78 is 0. The van der Waals surface area contributed by atoms with Crippen molar-refractivity contribution in [2.24, 2.45) is 0 Å².